The number of nitrogens with zero attached hydrogens (tertiary/aromatic N) is 1. The van der Waals surface area contributed by atoms with E-state index in [1.54, 1.807) is 0 Å². The fourth-order valence-electron chi connectivity index (χ4n) is 2.30. The number of likely N-dealkylation sites (tertiary alicyclic amines) is 1. The van der Waals surface area contributed by atoms with Crippen LogP contribution in [0, 0.1) is 5.92 Å². The molecule has 0 atom stereocenters. The highest BCUT2D eigenvalue weighted by molar-refractivity contribution is 5.80. The molecule has 3 nitrogen and oxygen atoms in total. The van der Waals surface area contributed by atoms with Gasteiger partial charge in [0.1, 0.15) is 0 Å². The molecule has 124 valence electrons. The maximum absolute atomic E-state index is 12.5. The summed E-state index contributed by atoms with van der Waals surface area (Å²) >= 11 is 0. The van der Waals surface area contributed by atoms with Gasteiger partial charge in [-0.3, -0.25) is 4.79 Å². The molecule has 0 aromatic carbocycles. The highest BCUT2D eigenvalue weighted by Gasteiger charge is 2.62. The number of carbonyl (C=O) groups is 1. The molecule has 1 saturated heterocycles. The van der Waals surface area contributed by atoms with Crippen LogP contribution in [0.25, 0.3) is 0 Å². The Hall–Kier alpha value is -0.990. The van der Waals surface area contributed by atoms with Crippen molar-refractivity contribution in [2.75, 3.05) is 19.6 Å². The average molecular weight is 320 g/mol. The van der Waals surface area contributed by atoms with Gasteiger partial charge >= 0.3 is 12.4 Å². The summed E-state index contributed by atoms with van der Waals surface area (Å²) in [5, 5.41) is 3.14. The molecular weight excluding hydrogens is 302 g/mol. The molecular formula is C12H18F6N2O. The largest absolute Gasteiger partial charge is 0.409 e. The second-order valence-corrected chi connectivity index (χ2v) is 5.07. The zero-order valence-electron chi connectivity index (χ0n) is 11.5. The summed E-state index contributed by atoms with van der Waals surface area (Å²) in [5.41, 5.74) is 0. The summed E-state index contributed by atoms with van der Waals surface area (Å²) in [6.07, 6.45) is -9.65. The van der Waals surface area contributed by atoms with Gasteiger partial charge in [-0.15, -0.1) is 0 Å². The van der Waals surface area contributed by atoms with Crippen LogP contribution in [0.1, 0.15) is 26.2 Å². The smallest absolute Gasteiger partial charge is 0.342 e. The predicted molar refractivity (Wildman–Crippen MR) is 63.5 cm³/mol. The van der Waals surface area contributed by atoms with E-state index in [0.717, 1.165) is 13.0 Å². The zero-order valence-corrected chi connectivity index (χ0v) is 11.5. The maximum atomic E-state index is 12.5. The van der Waals surface area contributed by atoms with Crippen LogP contribution < -0.4 is 5.32 Å². The van der Waals surface area contributed by atoms with Crippen LogP contribution in [0.15, 0.2) is 0 Å². The van der Waals surface area contributed by atoms with Crippen LogP contribution in [0.5, 0.6) is 0 Å². The summed E-state index contributed by atoms with van der Waals surface area (Å²) in [6.45, 7) is 2.49. The van der Waals surface area contributed by atoms with E-state index in [-0.39, 0.29) is 19.1 Å². The van der Waals surface area contributed by atoms with E-state index >= 15 is 0 Å². The van der Waals surface area contributed by atoms with E-state index in [0.29, 0.717) is 17.7 Å². The van der Waals surface area contributed by atoms with Gasteiger partial charge in [-0.2, -0.15) is 26.3 Å². The van der Waals surface area contributed by atoms with Crippen molar-refractivity contribution in [3.63, 3.8) is 0 Å². The molecule has 9 heteroatoms. The Morgan fingerprint density at radius 2 is 1.62 bits per heavy atom. The van der Waals surface area contributed by atoms with Gasteiger partial charge in [-0.1, -0.05) is 6.92 Å². The van der Waals surface area contributed by atoms with Gasteiger partial charge in [0, 0.05) is 19.1 Å². The minimum Gasteiger partial charge on any atom is -0.342 e. The van der Waals surface area contributed by atoms with E-state index in [9.17, 15) is 31.1 Å². The van der Waals surface area contributed by atoms with Crippen LogP contribution in [0.4, 0.5) is 26.3 Å². The van der Waals surface area contributed by atoms with Crippen LogP contribution in [0.3, 0.4) is 0 Å². The van der Waals surface area contributed by atoms with Gasteiger partial charge in [-0.05, 0) is 25.8 Å². The van der Waals surface area contributed by atoms with Gasteiger partial charge in [0.2, 0.25) is 11.8 Å². The third-order valence-electron chi connectivity index (χ3n) is 3.39. The lowest BCUT2D eigenvalue weighted by atomic mass is 10.0. The first-order valence-electron chi connectivity index (χ1n) is 6.73. The molecule has 0 aromatic rings. The molecule has 0 unspecified atom stereocenters. The van der Waals surface area contributed by atoms with Crippen molar-refractivity contribution in [1.29, 1.82) is 0 Å². The van der Waals surface area contributed by atoms with Crippen molar-refractivity contribution < 1.29 is 31.1 Å². The highest BCUT2D eigenvalue weighted by Crippen LogP contribution is 2.40. The summed E-state index contributed by atoms with van der Waals surface area (Å²) in [6, 6.07) is 0.0317. The van der Waals surface area contributed by atoms with Crippen LogP contribution in [-0.4, -0.2) is 48.8 Å². The van der Waals surface area contributed by atoms with E-state index in [2.05, 4.69) is 5.32 Å². The molecule has 1 aliphatic rings. The SMILES string of the molecule is CCCNC1CCN(C(=O)C(C(F)(F)F)C(F)(F)F)CC1. The van der Waals surface area contributed by atoms with E-state index in [1.807, 2.05) is 6.92 Å². The van der Waals surface area contributed by atoms with Gasteiger partial charge in [0.05, 0.1) is 0 Å². The summed E-state index contributed by atoms with van der Waals surface area (Å²) < 4.78 is 74.9. The molecule has 0 bridgehead atoms. The van der Waals surface area contributed by atoms with Crippen LogP contribution in [-0.2, 0) is 4.79 Å². The van der Waals surface area contributed by atoms with Gasteiger partial charge in [0.25, 0.3) is 0 Å². The highest BCUT2D eigenvalue weighted by atomic mass is 19.4. The number of carbonyl (C=O) groups excluding carboxylic acids is 1. The minimum absolute atomic E-state index is 0.0317. The Labute approximate surface area is 118 Å². The van der Waals surface area contributed by atoms with Gasteiger partial charge < -0.3 is 10.2 Å². The molecule has 0 radical (unpaired) electrons. The number of piperidine rings is 1. The van der Waals surface area contributed by atoms with Crippen molar-refractivity contribution in [2.45, 2.75) is 44.6 Å². The lowest BCUT2D eigenvalue weighted by molar-refractivity contribution is -0.277. The number of alkyl halides is 6. The minimum atomic E-state index is -5.62. The second-order valence-electron chi connectivity index (χ2n) is 5.07. The monoisotopic (exact) mass is 320 g/mol. The number of amides is 1. The standard InChI is InChI=1S/C12H18F6N2O/c1-2-5-19-8-3-6-20(7-4-8)10(21)9(11(13,14)15)12(16,17)18/h8-9,19H,2-7H2,1H3. The lowest BCUT2D eigenvalue weighted by Gasteiger charge is -2.35. The molecule has 1 aliphatic heterocycles. The number of halogens is 6. The Bertz CT molecular complexity index is 333. The van der Waals surface area contributed by atoms with Crippen molar-refractivity contribution >= 4 is 5.91 Å². The maximum Gasteiger partial charge on any atom is 0.409 e. The fraction of sp³-hybridized carbons (Fsp3) is 0.917. The third kappa shape index (κ3) is 5.05. The van der Waals surface area contributed by atoms with E-state index in [1.165, 1.54) is 0 Å². The molecule has 0 spiro atoms. The Kier molecular flexibility index (Phi) is 5.89. The molecule has 0 aliphatic carbocycles. The molecule has 0 aromatic heterocycles. The average Bonchev–Trinajstić information content (AvgIpc) is 2.33. The van der Waals surface area contributed by atoms with Crippen molar-refractivity contribution in [3.05, 3.63) is 0 Å². The Morgan fingerprint density at radius 1 is 1.14 bits per heavy atom. The first-order valence-corrected chi connectivity index (χ1v) is 6.73. The number of nitrogens with one attached hydrogen (secondary N) is 1. The number of hydrogen-bond donors (Lipinski definition) is 1. The number of rotatable bonds is 4. The predicted octanol–water partition coefficient (Wildman–Crippen LogP) is 2.72. The van der Waals surface area contributed by atoms with Crippen LogP contribution >= 0.6 is 0 Å². The van der Waals surface area contributed by atoms with E-state index in [4.69, 9.17) is 0 Å². The molecule has 1 N–H and O–H groups in total. The number of hydrogen-bond acceptors (Lipinski definition) is 2. The van der Waals surface area contributed by atoms with Crippen LogP contribution in [0.2, 0.25) is 0 Å². The molecule has 0 saturated carbocycles. The van der Waals surface area contributed by atoms with E-state index < -0.39 is 24.2 Å². The fourth-order valence-corrected chi connectivity index (χ4v) is 2.30. The normalized spacial score (nSPS) is 18.4. The van der Waals surface area contributed by atoms with Crippen molar-refractivity contribution in [2.24, 2.45) is 5.92 Å². The van der Waals surface area contributed by atoms with Crippen molar-refractivity contribution in [1.82, 2.24) is 10.2 Å². The van der Waals surface area contributed by atoms with Gasteiger partial charge in [0.15, 0.2) is 0 Å². The Balaban J connectivity index is 2.67. The summed E-state index contributed by atoms with van der Waals surface area (Å²) in [5.74, 6) is -5.82. The quantitative estimate of drug-likeness (QED) is 0.808. The lowest BCUT2D eigenvalue weighted by Crippen LogP contribution is -2.53. The molecule has 1 rings (SSSR count). The second kappa shape index (κ2) is 6.85. The summed E-state index contributed by atoms with van der Waals surface area (Å²) in [7, 11) is 0. The summed E-state index contributed by atoms with van der Waals surface area (Å²) in [4.78, 5) is 12.2. The topological polar surface area (TPSA) is 32.3 Å². The molecule has 21 heavy (non-hydrogen) atoms. The zero-order chi connectivity index (χ0) is 16.3. The third-order valence-corrected chi connectivity index (χ3v) is 3.39. The first kappa shape index (κ1) is 18.1. The molecule has 1 amide bonds. The molecule has 1 heterocycles. The molecule has 1 fully saturated rings. The van der Waals surface area contributed by atoms with Gasteiger partial charge in [-0.25, -0.2) is 0 Å². The Morgan fingerprint density at radius 3 is 2.00 bits per heavy atom. The first-order chi connectivity index (χ1) is 9.57. The van der Waals surface area contributed by atoms with Crippen molar-refractivity contribution in [3.8, 4) is 0 Å².